The van der Waals surface area contributed by atoms with Crippen molar-refractivity contribution in [1.82, 2.24) is 0 Å². The summed E-state index contributed by atoms with van der Waals surface area (Å²) in [6.07, 6.45) is -3.47. The van der Waals surface area contributed by atoms with Crippen molar-refractivity contribution in [3.8, 4) is 0 Å². The molecule has 1 saturated carbocycles. The van der Waals surface area contributed by atoms with E-state index in [1.54, 1.807) is 0 Å². The van der Waals surface area contributed by atoms with E-state index >= 15 is 0 Å². The second-order valence-electron chi connectivity index (χ2n) is 2.69. The van der Waals surface area contributed by atoms with E-state index in [0.29, 0.717) is 12.8 Å². The highest BCUT2D eigenvalue weighted by molar-refractivity contribution is 4.86. The minimum absolute atomic E-state index is 0.347. The van der Waals surface area contributed by atoms with Crippen molar-refractivity contribution >= 4 is 0 Å². The van der Waals surface area contributed by atoms with Gasteiger partial charge in [0.2, 0.25) is 0 Å². The van der Waals surface area contributed by atoms with Gasteiger partial charge in [0.05, 0.1) is 12.2 Å². The molecule has 60 valence electrons. The Morgan fingerprint density at radius 3 is 1.30 bits per heavy atom. The summed E-state index contributed by atoms with van der Waals surface area (Å²) < 4.78 is 0. The summed E-state index contributed by atoms with van der Waals surface area (Å²) in [5, 5.41) is 35.8. The maximum Gasteiger partial charge on any atom is 0.108 e. The van der Waals surface area contributed by atoms with Crippen LogP contribution in [0.5, 0.6) is 0 Å². The average molecular weight is 148 g/mol. The van der Waals surface area contributed by atoms with Crippen LogP contribution in [-0.2, 0) is 0 Å². The van der Waals surface area contributed by atoms with Gasteiger partial charge in [-0.2, -0.15) is 0 Å². The molecule has 0 radical (unpaired) electrons. The predicted molar refractivity (Wildman–Crippen MR) is 33.3 cm³/mol. The van der Waals surface area contributed by atoms with Crippen molar-refractivity contribution in [1.29, 1.82) is 0 Å². The van der Waals surface area contributed by atoms with Crippen molar-refractivity contribution in [2.45, 2.75) is 37.3 Å². The van der Waals surface area contributed by atoms with E-state index in [0.717, 1.165) is 0 Å². The van der Waals surface area contributed by atoms with Gasteiger partial charge in [0.15, 0.2) is 0 Å². The Morgan fingerprint density at radius 2 is 1.00 bits per heavy atom. The van der Waals surface area contributed by atoms with Crippen LogP contribution >= 0.6 is 0 Å². The molecule has 4 N–H and O–H groups in total. The van der Waals surface area contributed by atoms with E-state index in [-0.39, 0.29) is 0 Å². The molecule has 0 aromatic carbocycles. The van der Waals surface area contributed by atoms with Crippen LogP contribution in [0, 0.1) is 0 Å². The third kappa shape index (κ3) is 1.29. The molecule has 10 heavy (non-hydrogen) atoms. The smallest absolute Gasteiger partial charge is 0.108 e. The summed E-state index contributed by atoms with van der Waals surface area (Å²) in [6.45, 7) is 0. The molecular formula is C6H12O4. The minimum Gasteiger partial charge on any atom is -0.390 e. The van der Waals surface area contributed by atoms with Gasteiger partial charge in [0, 0.05) is 0 Å². The molecule has 0 bridgehead atoms. The fraction of sp³-hybridized carbons (Fsp3) is 1.00. The Balaban J connectivity index is 2.52. The van der Waals surface area contributed by atoms with E-state index in [4.69, 9.17) is 20.4 Å². The van der Waals surface area contributed by atoms with Gasteiger partial charge >= 0.3 is 0 Å². The molecule has 0 spiro atoms. The van der Waals surface area contributed by atoms with Gasteiger partial charge in [-0.1, -0.05) is 0 Å². The lowest BCUT2D eigenvalue weighted by Gasteiger charge is -2.31. The van der Waals surface area contributed by atoms with Crippen LogP contribution in [0.4, 0.5) is 0 Å². The van der Waals surface area contributed by atoms with Gasteiger partial charge in [-0.15, -0.1) is 0 Å². The molecular weight excluding hydrogens is 136 g/mol. The van der Waals surface area contributed by atoms with Gasteiger partial charge in [-0.05, 0) is 12.8 Å². The monoisotopic (exact) mass is 148 g/mol. The van der Waals surface area contributed by atoms with Crippen LogP contribution < -0.4 is 0 Å². The summed E-state index contributed by atoms with van der Waals surface area (Å²) in [6, 6.07) is 0. The maximum absolute atomic E-state index is 8.96. The zero-order valence-corrected chi connectivity index (χ0v) is 5.51. The zero-order valence-electron chi connectivity index (χ0n) is 5.51. The van der Waals surface area contributed by atoms with E-state index in [1.807, 2.05) is 0 Å². The summed E-state index contributed by atoms with van der Waals surface area (Å²) in [5.74, 6) is 0. The Morgan fingerprint density at radius 1 is 0.700 bits per heavy atom. The number of rotatable bonds is 0. The largest absolute Gasteiger partial charge is 0.390 e. The van der Waals surface area contributed by atoms with Crippen molar-refractivity contribution in [2.24, 2.45) is 0 Å². The second-order valence-corrected chi connectivity index (χ2v) is 2.69. The molecule has 0 aromatic rings. The summed E-state index contributed by atoms with van der Waals surface area (Å²) in [5.41, 5.74) is 0. The van der Waals surface area contributed by atoms with Crippen LogP contribution in [0.25, 0.3) is 0 Å². The van der Waals surface area contributed by atoms with Crippen molar-refractivity contribution < 1.29 is 20.4 Å². The molecule has 4 nitrogen and oxygen atoms in total. The molecule has 0 aromatic heterocycles. The Bertz CT molecular complexity index is 102. The highest BCUT2D eigenvalue weighted by Gasteiger charge is 2.34. The lowest BCUT2D eigenvalue weighted by molar-refractivity contribution is -0.135. The number of hydrogen-bond acceptors (Lipinski definition) is 4. The first-order valence-electron chi connectivity index (χ1n) is 3.35. The predicted octanol–water partition coefficient (Wildman–Crippen LogP) is -1.78. The Labute approximate surface area is 58.7 Å². The molecule has 1 aliphatic rings. The van der Waals surface area contributed by atoms with Crippen molar-refractivity contribution in [3.05, 3.63) is 0 Å². The highest BCUT2D eigenvalue weighted by Crippen LogP contribution is 2.19. The van der Waals surface area contributed by atoms with Crippen LogP contribution in [0.2, 0.25) is 0 Å². The van der Waals surface area contributed by atoms with Crippen molar-refractivity contribution in [2.75, 3.05) is 0 Å². The molecule has 1 fully saturated rings. The van der Waals surface area contributed by atoms with Crippen LogP contribution in [0.1, 0.15) is 12.8 Å². The first-order valence-corrected chi connectivity index (χ1v) is 3.35. The van der Waals surface area contributed by atoms with E-state index in [9.17, 15) is 0 Å². The van der Waals surface area contributed by atoms with Crippen molar-refractivity contribution in [3.63, 3.8) is 0 Å². The molecule has 0 heterocycles. The third-order valence-corrected chi connectivity index (χ3v) is 1.90. The normalized spacial score (nSPS) is 49.2. The highest BCUT2D eigenvalue weighted by atomic mass is 16.4. The molecule has 0 aliphatic heterocycles. The van der Waals surface area contributed by atoms with Gasteiger partial charge < -0.3 is 20.4 Å². The Kier molecular flexibility index (Phi) is 2.25. The van der Waals surface area contributed by atoms with E-state index in [1.165, 1.54) is 0 Å². The lowest BCUT2D eigenvalue weighted by atomic mass is 9.90. The first-order chi connectivity index (χ1) is 4.63. The topological polar surface area (TPSA) is 80.9 Å². The molecule has 2 unspecified atom stereocenters. The summed E-state index contributed by atoms with van der Waals surface area (Å²) in [7, 11) is 0. The Hall–Kier alpha value is -0.160. The summed E-state index contributed by atoms with van der Waals surface area (Å²) in [4.78, 5) is 0. The van der Waals surface area contributed by atoms with Crippen LogP contribution in [0.3, 0.4) is 0 Å². The number of hydrogen-bond donors (Lipinski definition) is 4. The second kappa shape index (κ2) is 2.84. The lowest BCUT2D eigenvalue weighted by Crippen LogP contribution is -2.48. The fourth-order valence-electron chi connectivity index (χ4n) is 1.14. The SMILES string of the molecule is OC1CC[C@H](O)C(O)[C@@H]1O. The van der Waals surface area contributed by atoms with Crippen LogP contribution in [-0.4, -0.2) is 44.8 Å². The molecule has 0 saturated heterocycles. The van der Waals surface area contributed by atoms with Gasteiger partial charge in [0.25, 0.3) is 0 Å². The third-order valence-electron chi connectivity index (χ3n) is 1.90. The fourth-order valence-corrected chi connectivity index (χ4v) is 1.14. The zero-order chi connectivity index (χ0) is 7.72. The molecule has 4 heteroatoms. The summed E-state index contributed by atoms with van der Waals surface area (Å²) >= 11 is 0. The first kappa shape index (κ1) is 7.94. The number of aliphatic hydroxyl groups is 4. The van der Waals surface area contributed by atoms with E-state index in [2.05, 4.69) is 0 Å². The maximum atomic E-state index is 8.96. The molecule has 0 amide bonds. The standard InChI is InChI=1S/C6H12O4/c7-3-1-2-4(8)6(10)5(3)9/h3-10H,1-2H2/t3-,4?,5?,6+/m0/s1. The molecule has 4 atom stereocenters. The van der Waals surface area contributed by atoms with Gasteiger partial charge in [-0.25, -0.2) is 0 Å². The molecule has 1 aliphatic carbocycles. The van der Waals surface area contributed by atoms with E-state index < -0.39 is 24.4 Å². The quantitative estimate of drug-likeness (QED) is 0.327. The average Bonchev–Trinajstić information content (AvgIpc) is 1.93. The van der Waals surface area contributed by atoms with Gasteiger partial charge in [-0.3, -0.25) is 0 Å². The minimum atomic E-state index is -1.19. The number of aliphatic hydroxyl groups excluding tert-OH is 4. The van der Waals surface area contributed by atoms with Gasteiger partial charge in [0.1, 0.15) is 12.2 Å². The molecule has 1 rings (SSSR count). The van der Waals surface area contributed by atoms with Crippen LogP contribution in [0.15, 0.2) is 0 Å².